The molecule has 0 N–H and O–H groups in total. The molecule has 4 heteroatoms. The lowest BCUT2D eigenvalue weighted by molar-refractivity contribution is -0.873. The van der Waals surface area contributed by atoms with Crippen molar-refractivity contribution in [1.29, 1.82) is 0 Å². The van der Waals surface area contributed by atoms with Crippen LogP contribution in [0.2, 0.25) is 0 Å². The molecule has 196 valence electrons. The van der Waals surface area contributed by atoms with Crippen LogP contribution in [0, 0.1) is 0 Å². The lowest BCUT2D eigenvalue weighted by atomic mass is 10.1. The van der Waals surface area contributed by atoms with Gasteiger partial charge in [-0.25, -0.2) is 4.57 Å². The summed E-state index contributed by atoms with van der Waals surface area (Å²) in [5.41, 5.74) is 5.55. The van der Waals surface area contributed by atoms with Crippen LogP contribution >= 0.6 is 0 Å². The number of anilines is 3. The van der Waals surface area contributed by atoms with Crippen LogP contribution < -0.4 is 9.47 Å². The minimum atomic E-state index is 0.837. The van der Waals surface area contributed by atoms with E-state index in [9.17, 15) is 0 Å². The molecule has 0 atom stereocenters. The SMILES string of the molecule is C[N+](C)(C)CCC[n+]1ccc(/C=C/c2ccc(-c3ccc(N(c4ccccc4)c4ccccc4)cc3)o2)cc1. The summed E-state index contributed by atoms with van der Waals surface area (Å²) in [6.45, 7) is 2.20. The lowest BCUT2D eigenvalue weighted by Crippen LogP contribution is -2.39. The number of pyridine rings is 1. The minimum absolute atomic E-state index is 0.837. The Bertz CT molecular complexity index is 1440. The first-order valence-corrected chi connectivity index (χ1v) is 13.5. The highest BCUT2D eigenvalue weighted by atomic mass is 16.3. The number of aromatic nitrogens is 1. The van der Waals surface area contributed by atoms with E-state index in [1.807, 2.05) is 30.3 Å². The Balaban J connectivity index is 1.26. The van der Waals surface area contributed by atoms with Gasteiger partial charge in [-0.2, -0.15) is 0 Å². The Kier molecular flexibility index (Phi) is 8.04. The number of nitrogens with zero attached hydrogens (tertiary/aromatic N) is 3. The van der Waals surface area contributed by atoms with Crippen molar-refractivity contribution in [2.45, 2.75) is 13.0 Å². The molecule has 0 saturated heterocycles. The maximum atomic E-state index is 6.16. The van der Waals surface area contributed by atoms with Gasteiger partial charge in [0, 0.05) is 34.8 Å². The normalized spacial score (nSPS) is 11.7. The molecule has 0 saturated carbocycles. The molecule has 3 aromatic carbocycles. The van der Waals surface area contributed by atoms with E-state index in [0.717, 1.165) is 63.7 Å². The monoisotopic (exact) mass is 515 g/mol. The summed E-state index contributed by atoms with van der Waals surface area (Å²) in [6.07, 6.45) is 9.59. The molecular formula is C35H37N3O+2. The first-order chi connectivity index (χ1) is 18.9. The van der Waals surface area contributed by atoms with E-state index in [-0.39, 0.29) is 0 Å². The molecule has 0 aliphatic rings. The molecule has 0 aliphatic heterocycles. The Hall–Kier alpha value is -4.41. The fourth-order valence-corrected chi connectivity index (χ4v) is 4.61. The highest BCUT2D eigenvalue weighted by Crippen LogP contribution is 2.35. The summed E-state index contributed by atoms with van der Waals surface area (Å²) in [6, 6.07) is 37.8. The first kappa shape index (κ1) is 26.2. The molecule has 0 spiro atoms. The summed E-state index contributed by atoms with van der Waals surface area (Å²) in [5.74, 6) is 1.69. The summed E-state index contributed by atoms with van der Waals surface area (Å²) < 4.78 is 9.41. The number of hydrogen-bond acceptors (Lipinski definition) is 2. The Morgan fingerprint density at radius 3 is 1.85 bits per heavy atom. The molecule has 39 heavy (non-hydrogen) atoms. The molecule has 0 unspecified atom stereocenters. The fraction of sp³-hybridized carbons (Fsp3) is 0.171. The first-order valence-electron chi connectivity index (χ1n) is 13.5. The molecule has 0 aliphatic carbocycles. The Labute approximate surface area is 232 Å². The minimum Gasteiger partial charge on any atom is -0.457 e. The third kappa shape index (κ3) is 7.13. The second-order valence-corrected chi connectivity index (χ2v) is 10.8. The van der Waals surface area contributed by atoms with Gasteiger partial charge in [0.15, 0.2) is 18.9 Å². The van der Waals surface area contributed by atoms with Crippen molar-refractivity contribution in [2.24, 2.45) is 0 Å². The van der Waals surface area contributed by atoms with E-state index in [1.165, 1.54) is 0 Å². The van der Waals surface area contributed by atoms with Crippen molar-refractivity contribution in [3.8, 4) is 11.3 Å². The Morgan fingerprint density at radius 2 is 1.26 bits per heavy atom. The molecule has 0 amide bonds. The van der Waals surface area contributed by atoms with E-state index in [1.54, 1.807) is 0 Å². The van der Waals surface area contributed by atoms with E-state index in [4.69, 9.17) is 4.42 Å². The summed E-state index contributed by atoms with van der Waals surface area (Å²) >= 11 is 0. The summed E-state index contributed by atoms with van der Waals surface area (Å²) in [5, 5.41) is 0. The van der Waals surface area contributed by atoms with Gasteiger partial charge in [0.2, 0.25) is 0 Å². The molecule has 2 heterocycles. The maximum absolute atomic E-state index is 6.16. The van der Waals surface area contributed by atoms with Gasteiger partial charge in [0.25, 0.3) is 0 Å². The highest BCUT2D eigenvalue weighted by molar-refractivity contribution is 5.78. The van der Waals surface area contributed by atoms with Gasteiger partial charge in [-0.1, -0.05) is 42.5 Å². The number of quaternary nitrogens is 1. The molecule has 5 aromatic rings. The second kappa shape index (κ2) is 12.0. The molecule has 4 nitrogen and oxygen atoms in total. The van der Waals surface area contributed by atoms with Crippen molar-refractivity contribution in [1.82, 2.24) is 0 Å². The van der Waals surface area contributed by atoms with Crippen LogP contribution in [0.4, 0.5) is 17.1 Å². The van der Waals surface area contributed by atoms with Gasteiger partial charge < -0.3 is 13.8 Å². The molecule has 0 fully saturated rings. The van der Waals surface area contributed by atoms with Gasteiger partial charge in [-0.3, -0.25) is 0 Å². The van der Waals surface area contributed by atoms with Gasteiger partial charge in [0.05, 0.1) is 34.1 Å². The lowest BCUT2D eigenvalue weighted by Gasteiger charge is -2.25. The molecule has 0 bridgehead atoms. The van der Waals surface area contributed by atoms with Gasteiger partial charge in [-0.15, -0.1) is 0 Å². The van der Waals surface area contributed by atoms with Crippen molar-refractivity contribution in [3.63, 3.8) is 0 Å². The number of benzene rings is 3. The predicted molar refractivity (Wildman–Crippen MR) is 162 cm³/mol. The molecule has 0 radical (unpaired) electrons. The number of para-hydroxylation sites is 2. The van der Waals surface area contributed by atoms with Gasteiger partial charge >= 0.3 is 0 Å². The van der Waals surface area contributed by atoms with Gasteiger partial charge in [-0.05, 0) is 72.3 Å². The smallest absolute Gasteiger partial charge is 0.169 e. The number of aryl methyl sites for hydroxylation is 1. The zero-order valence-electron chi connectivity index (χ0n) is 23.1. The van der Waals surface area contributed by atoms with Crippen molar-refractivity contribution < 1.29 is 13.5 Å². The van der Waals surface area contributed by atoms with E-state index < -0.39 is 0 Å². The third-order valence-electron chi connectivity index (χ3n) is 6.67. The number of rotatable bonds is 10. The van der Waals surface area contributed by atoms with Crippen molar-refractivity contribution in [2.75, 3.05) is 32.6 Å². The van der Waals surface area contributed by atoms with Crippen LogP contribution in [-0.2, 0) is 6.54 Å². The zero-order chi connectivity index (χ0) is 27.1. The average Bonchev–Trinajstić information content (AvgIpc) is 3.43. The van der Waals surface area contributed by atoms with Crippen LogP contribution in [0.25, 0.3) is 23.5 Å². The summed E-state index contributed by atoms with van der Waals surface area (Å²) in [7, 11) is 6.71. The van der Waals surface area contributed by atoms with E-state index >= 15 is 0 Å². The van der Waals surface area contributed by atoms with Crippen LogP contribution in [0.3, 0.4) is 0 Å². The number of hydrogen-bond donors (Lipinski definition) is 0. The highest BCUT2D eigenvalue weighted by Gasteiger charge is 2.13. The predicted octanol–water partition coefficient (Wildman–Crippen LogP) is 7.97. The second-order valence-electron chi connectivity index (χ2n) is 10.8. The standard InChI is InChI=1S/C35H37N3O/c1-38(2,3)28-10-25-36-26-23-29(24-27-36)15-20-34-21-22-35(39-34)30-16-18-33(19-17-30)37(31-11-6-4-7-12-31)32-13-8-5-9-14-32/h4-9,11-24,26-27H,10,25,28H2,1-3H3/q+2. The van der Waals surface area contributed by atoms with Crippen LogP contribution in [0.5, 0.6) is 0 Å². The molecular weight excluding hydrogens is 478 g/mol. The van der Waals surface area contributed by atoms with E-state index in [0.29, 0.717) is 0 Å². The molecule has 2 aromatic heterocycles. The van der Waals surface area contributed by atoms with Crippen LogP contribution in [0.15, 0.2) is 126 Å². The largest absolute Gasteiger partial charge is 0.457 e. The third-order valence-corrected chi connectivity index (χ3v) is 6.67. The molecule has 5 rings (SSSR count). The Morgan fingerprint density at radius 1 is 0.667 bits per heavy atom. The van der Waals surface area contributed by atoms with Crippen molar-refractivity contribution >= 4 is 29.2 Å². The van der Waals surface area contributed by atoms with Crippen LogP contribution in [-0.4, -0.2) is 32.2 Å². The average molecular weight is 516 g/mol. The topological polar surface area (TPSA) is 20.3 Å². The maximum Gasteiger partial charge on any atom is 0.169 e. The van der Waals surface area contributed by atoms with Gasteiger partial charge in [0.1, 0.15) is 11.5 Å². The summed E-state index contributed by atoms with van der Waals surface area (Å²) in [4.78, 5) is 2.26. The fourth-order valence-electron chi connectivity index (χ4n) is 4.61. The number of furan rings is 1. The zero-order valence-corrected chi connectivity index (χ0v) is 23.1. The van der Waals surface area contributed by atoms with E-state index in [2.05, 4.69) is 134 Å². The van der Waals surface area contributed by atoms with Crippen molar-refractivity contribution in [3.05, 3.63) is 133 Å². The quantitative estimate of drug-likeness (QED) is 0.139. The van der Waals surface area contributed by atoms with Crippen LogP contribution in [0.1, 0.15) is 17.7 Å².